The van der Waals surface area contributed by atoms with Gasteiger partial charge in [0.25, 0.3) is 0 Å². The Labute approximate surface area is 141 Å². The van der Waals surface area contributed by atoms with Crippen molar-refractivity contribution in [2.45, 2.75) is 19.4 Å². The molecule has 0 radical (unpaired) electrons. The minimum atomic E-state index is -0.287. The first-order valence-corrected chi connectivity index (χ1v) is 8.22. The summed E-state index contributed by atoms with van der Waals surface area (Å²) >= 11 is 0. The maximum atomic E-state index is 12.7. The van der Waals surface area contributed by atoms with E-state index in [1.807, 2.05) is 49.4 Å². The Morgan fingerprint density at radius 3 is 2.50 bits per heavy atom. The number of pyridine rings is 1. The molecule has 1 aromatic carbocycles. The van der Waals surface area contributed by atoms with Gasteiger partial charge in [0.15, 0.2) is 0 Å². The van der Waals surface area contributed by atoms with Crippen LogP contribution in [-0.2, 0) is 9.59 Å². The fourth-order valence-electron chi connectivity index (χ4n) is 3.07. The second-order valence-corrected chi connectivity index (χ2v) is 5.97. The van der Waals surface area contributed by atoms with E-state index in [0.717, 1.165) is 11.1 Å². The summed E-state index contributed by atoms with van der Waals surface area (Å²) in [6.45, 7) is 3.08. The van der Waals surface area contributed by atoms with Crippen LogP contribution in [0.1, 0.15) is 30.5 Å². The fraction of sp³-hybridized carbons (Fsp3) is 0.316. The lowest BCUT2D eigenvalue weighted by atomic mass is 9.98. The van der Waals surface area contributed by atoms with Gasteiger partial charge in [0.05, 0.1) is 12.0 Å². The molecule has 0 aliphatic carbocycles. The van der Waals surface area contributed by atoms with Crippen molar-refractivity contribution in [1.82, 2.24) is 15.2 Å². The molecule has 5 nitrogen and oxygen atoms in total. The zero-order chi connectivity index (χ0) is 16.9. The molecular formula is C19H21N3O2. The summed E-state index contributed by atoms with van der Waals surface area (Å²) in [7, 11) is 0. The monoisotopic (exact) mass is 323 g/mol. The number of amides is 2. The van der Waals surface area contributed by atoms with Crippen molar-refractivity contribution in [3.63, 3.8) is 0 Å². The molecule has 1 N–H and O–H groups in total. The van der Waals surface area contributed by atoms with Crippen LogP contribution in [0.25, 0.3) is 0 Å². The third kappa shape index (κ3) is 3.45. The standard InChI is InChI=1S/C19H21N3O2/c1-2-22-13-16(12-17(22)23)19(24)21-18(14-6-4-3-5-7-14)15-8-10-20-11-9-15/h3-11,16,18H,2,12-13H2,1H3,(H,21,24). The second-order valence-electron chi connectivity index (χ2n) is 5.97. The van der Waals surface area contributed by atoms with Crippen molar-refractivity contribution in [1.29, 1.82) is 0 Å². The Hall–Kier alpha value is -2.69. The highest BCUT2D eigenvalue weighted by Gasteiger charge is 2.34. The quantitative estimate of drug-likeness (QED) is 0.917. The number of hydrogen-bond donors (Lipinski definition) is 1. The molecule has 1 fully saturated rings. The van der Waals surface area contributed by atoms with Gasteiger partial charge in [0.1, 0.15) is 0 Å². The Balaban J connectivity index is 1.80. The van der Waals surface area contributed by atoms with E-state index in [9.17, 15) is 9.59 Å². The highest BCUT2D eigenvalue weighted by Crippen LogP contribution is 2.24. The van der Waals surface area contributed by atoms with Gasteiger partial charge in [-0.15, -0.1) is 0 Å². The molecule has 2 heterocycles. The van der Waals surface area contributed by atoms with Gasteiger partial charge in [0, 0.05) is 31.9 Å². The highest BCUT2D eigenvalue weighted by atomic mass is 16.2. The maximum absolute atomic E-state index is 12.7. The number of carbonyl (C=O) groups excluding carboxylic acids is 2. The first-order chi connectivity index (χ1) is 11.7. The molecule has 1 saturated heterocycles. The van der Waals surface area contributed by atoms with Crippen LogP contribution >= 0.6 is 0 Å². The molecule has 2 atom stereocenters. The topological polar surface area (TPSA) is 62.3 Å². The van der Waals surface area contributed by atoms with Crippen LogP contribution in [0.4, 0.5) is 0 Å². The molecule has 2 aromatic rings. The first-order valence-electron chi connectivity index (χ1n) is 8.22. The van der Waals surface area contributed by atoms with Gasteiger partial charge >= 0.3 is 0 Å². The Bertz CT molecular complexity index is 664. The summed E-state index contributed by atoms with van der Waals surface area (Å²) in [6.07, 6.45) is 3.72. The molecule has 24 heavy (non-hydrogen) atoms. The van der Waals surface area contributed by atoms with Gasteiger partial charge in [-0.2, -0.15) is 0 Å². The van der Waals surface area contributed by atoms with E-state index in [2.05, 4.69) is 10.3 Å². The first kappa shape index (κ1) is 16.2. The van der Waals surface area contributed by atoms with E-state index < -0.39 is 0 Å². The molecular weight excluding hydrogens is 302 g/mol. The van der Waals surface area contributed by atoms with Crippen LogP contribution in [0.15, 0.2) is 54.9 Å². The number of likely N-dealkylation sites (tertiary alicyclic amines) is 1. The third-order valence-corrected chi connectivity index (χ3v) is 4.43. The molecule has 0 saturated carbocycles. The summed E-state index contributed by atoms with van der Waals surface area (Å²) in [5.41, 5.74) is 1.98. The number of nitrogens with zero attached hydrogens (tertiary/aromatic N) is 2. The van der Waals surface area contributed by atoms with E-state index in [0.29, 0.717) is 13.1 Å². The summed E-state index contributed by atoms with van der Waals surface area (Å²) in [5, 5.41) is 3.11. The normalized spacial score (nSPS) is 18.5. The van der Waals surface area contributed by atoms with Crippen LogP contribution in [0, 0.1) is 5.92 Å². The molecule has 0 bridgehead atoms. The highest BCUT2D eigenvalue weighted by molar-refractivity contribution is 5.89. The molecule has 0 spiro atoms. The zero-order valence-corrected chi connectivity index (χ0v) is 13.7. The van der Waals surface area contributed by atoms with Crippen LogP contribution in [0.3, 0.4) is 0 Å². The van der Waals surface area contributed by atoms with Crippen molar-refractivity contribution in [2.75, 3.05) is 13.1 Å². The lowest BCUT2D eigenvalue weighted by Crippen LogP contribution is -2.36. The third-order valence-electron chi connectivity index (χ3n) is 4.43. The summed E-state index contributed by atoms with van der Waals surface area (Å²) in [4.78, 5) is 30.4. The summed E-state index contributed by atoms with van der Waals surface area (Å²) in [5.74, 6) is -0.312. The van der Waals surface area contributed by atoms with E-state index >= 15 is 0 Å². The molecule has 2 amide bonds. The molecule has 1 aliphatic rings. The minimum absolute atomic E-state index is 0.0535. The summed E-state index contributed by atoms with van der Waals surface area (Å²) < 4.78 is 0. The SMILES string of the molecule is CCN1CC(C(=O)NC(c2ccccc2)c2ccncc2)CC1=O. The molecule has 1 aromatic heterocycles. The lowest BCUT2D eigenvalue weighted by Gasteiger charge is -2.22. The predicted molar refractivity (Wildman–Crippen MR) is 91.0 cm³/mol. The number of hydrogen-bond acceptors (Lipinski definition) is 3. The Morgan fingerprint density at radius 1 is 1.21 bits per heavy atom. The second kappa shape index (κ2) is 7.25. The van der Waals surface area contributed by atoms with E-state index in [1.165, 1.54) is 0 Å². The van der Waals surface area contributed by atoms with Crippen molar-refractivity contribution in [3.05, 3.63) is 66.0 Å². The van der Waals surface area contributed by atoms with Gasteiger partial charge in [-0.05, 0) is 30.2 Å². The fourth-order valence-corrected chi connectivity index (χ4v) is 3.07. The average Bonchev–Trinajstić information content (AvgIpc) is 3.02. The Kier molecular flexibility index (Phi) is 4.89. The van der Waals surface area contributed by atoms with Crippen LogP contribution in [-0.4, -0.2) is 34.8 Å². The number of carbonyl (C=O) groups is 2. The molecule has 124 valence electrons. The lowest BCUT2D eigenvalue weighted by molar-refractivity contribution is -0.129. The zero-order valence-electron chi connectivity index (χ0n) is 13.7. The summed E-state index contributed by atoms with van der Waals surface area (Å²) in [6, 6.07) is 13.4. The Morgan fingerprint density at radius 2 is 1.88 bits per heavy atom. The van der Waals surface area contributed by atoms with Gasteiger partial charge in [-0.25, -0.2) is 0 Å². The van der Waals surface area contributed by atoms with Gasteiger partial charge in [0.2, 0.25) is 11.8 Å². The minimum Gasteiger partial charge on any atom is -0.345 e. The number of nitrogens with one attached hydrogen (secondary N) is 1. The van der Waals surface area contributed by atoms with Crippen LogP contribution in [0.5, 0.6) is 0 Å². The van der Waals surface area contributed by atoms with E-state index in [-0.39, 0.29) is 30.2 Å². The van der Waals surface area contributed by atoms with E-state index in [1.54, 1.807) is 17.3 Å². The average molecular weight is 323 g/mol. The smallest absolute Gasteiger partial charge is 0.226 e. The van der Waals surface area contributed by atoms with Gasteiger partial charge in [-0.1, -0.05) is 30.3 Å². The number of rotatable bonds is 5. The van der Waals surface area contributed by atoms with E-state index in [4.69, 9.17) is 0 Å². The molecule has 3 rings (SSSR count). The van der Waals surface area contributed by atoms with Gasteiger partial charge in [-0.3, -0.25) is 14.6 Å². The number of benzene rings is 1. The predicted octanol–water partition coefficient (Wildman–Crippen LogP) is 2.16. The van der Waals surface area contributed by atoms with Crippen LogP contribution < -0.4 is 5.32 Å². The molecule has 1 aliphatic heterocycles. The van der Waals surface area contributed by atoms with Gasteiger partial charge < -0.3 is 10.2 Å². The van der Waals surface area contributed by atoms with Crippen LogP contribution in [0.2, 0.25) is 0 Å². The van der Waals surface area contributed by atoms with Crippen molar-refractivity contribution in [2.24, 2.45) is 5.92 Å². The molecule has 5 heteroatoms. The van der Waals surface area contributed by atoms with Crippen molar-refractivity contribution >= 4 is 11.8 Å². The van der Waals surface area contributed by atoms with Crippen molar-refractivity contribution < 1.29 is 9.59 Å². The molecule has 2 unspecified atom stereocenters. The largest absolute Gasteiger partial charge is 0.345 e. The number of aromatic nitrogens is 1. The van der Waals surface area contributed by atoms with Crippen molar-refractivity contribution in [3.8, 4) is 0 Å². The maximum Gasteiger partial charge on any atom is 0.226 e.